The molecule has 0 spiro atoms. The van der Waals surface area contributed by atoms with E-state index in [1.165, 1.54) is 0 Å². The van der Waals surface area contributed by atoms with E-state index >= 15 is 0 Å². The molecule has 1 aliphatic rings. The van der Waals surface area contributed by atoms with Gasteiger partial charge in [-0.1, -0.05) is 46.3 Å². The van der Waals surface area contributed by atoms with Crippen molar-refractivity contribution in [3.63, 3.8) is 0 Å². The van der Waals surface area contributed by atoms with Gasteiger partial charge in [0.25, 0.3) is 0 Å². The average Bonchev–Trinajstić information content (AvgIpc) is 3.39. The van der Waals surface area contributed by atoms with Crippen molar-refractivity contribution in [2.75, 3.05) is 11.9 Å². The summed E-state index contributed by atoms with van der Waals surface area (Å²) in [5, 5.41) is 7.18. The Morgan fingerprint density at radius 2 is 1.84 bits per heavy atom. The minimum atomic E-state index is -0.139. The molecule has 2 atom stereocenters. The summed E-state index contributed by atoms with van der Waals surface area (Å²) in [5.41, 5.74) is 7.29. The van der Waals surface area contributed by atoms with Crippen molar-refractivity contribution in [1.29, 1.82) is 0 Å². The lowest BCUT2D eigenvalue weighted by Crippen LogP contribution is -2.33. The Morgan fingerprint density at radius 3 is 2.58 bits per heavy atom. The second kappa shape index (κ2) is 11.1. The van der Waals surface area contributed by atoms with E-state index < -0.39 is 0 Å². The lowest BCUT2D eigenvalue weighted by atomic mass is 9.96. The number of anilines is 1. The van der Waals surface area contributed by atoms with Crippen LogP contribution in [0.25, 0.3) is 5.69 Å². The second-order valence-electron chi connectivity index (χ2n) is 9.57. The number of aryl methyl sites for hydroxylation is 2. The summed E-state index contributed by atoms with van der Waals surface area (Å²) in [5.74, 6) is -0.0401. The number of aromatic nitrogens is 2. The topological polar surface area (TPSA) is 62.2 Å². The number of carbonyl (C=O) groups is 1. The van der Waals surface area contributed by atoms with Gasteiger partial charge in [-0.15, -0.1) is 0 Å². The molecule has 1 saturated heterocycles. The molecular weight excluding hydrogens is 558 g/mol. The highest BCUT2D eigenvalue weighted by Gasteiger charge is 2.41. The Hall–Kier alpha value is -3.49. The fourth-order valence-corrected chi connectivity index (χ4v) is 5.95. The smallest absolute Gasteiger partial charge is 0.226 e. The Bertz CT molecular complexity index is 1490. The van der Waals surface area contributed by atoms with Crippen LogP contribution in [-0.2, 0) is 4.79 Å². The van der Waals surface area contributed by atoms with Gasteiger partial charge in [0.1, 0.15) is 0 Å². The van der Waals surface area contributed by atoms with Gasteiger partial charge in [-0.3, -0.25) is 9.78 Å². The van der Waals surface area contributed by atoms with Crippen molar-refractivity contribution in [2.24, 2.45) is 0 Å². The van der Waals surface area contributed by atoms with E-state index in [1.54, 1.807) is 6.20 Å². The Kier molecular flexibility index (Phi) is 7.63. The first-order valence-corrected chi connectivity index (χ1v) is 13.8. The molecule has 0 aliphatic carbocycles. The first-order chi connectivity index (χ1) is 18.3. The van der Waals surface area contributed by atoms with Crippen LogP contribution in [0.3, 0.4) is 0 Å². The van der Waals surface area contributed by atoms with Gasteiger partial charge in [-0.05, 0) is 86.6 Å². The van der Waals surface area contributed by atoms with Gasteiger partial charge in [-0.2, -0.15) is 0 Å². The number of benzene rings is 2. The molecule has 0 saturated carbocycles. The molecule has 3 heterocycles. The van der Waals surface area contributed by atoms with Gasteiger partial charge < -0.3 is 20.1 Å². The Labute approximate surface area is 237 Å². The normalized spacial score (nSPS) is 16.9. The number of thiocarbonyl (C=S) groups is 1. The first-order valence-electron chi connectivity index (χ1n) is 12.6. The molecule has 2 aromatic carbocycles. The van der Waals surface area contributed by atoms with Crippen LogP contribution in [0.1, 0.15) is 46.7 Å². The standard InChI is InChI=1S/C30H30BrN5OS/c1-19-9-4-5-12-25(19)33-27(37)14-16-35-29(28(34-30(35)38)26-13-6-7-15-32-26)24-17-20(2)36(21(24)3)23-11-8-10-22(31)18-23/h4-13,15,17-18,28-29H,14,16H2,1-3H3,(H,33,37)(H,34,38)/t28-,29-/m0/s1. The zero-order valence-corrected chi connectivity index (χ0v) is 24.0. The number of carbonyl (C=O) groups excluding carboxylic acids is 1. The third-order valence-corrected chi connectivity index (χ3v) is 7.90. The molecule has 1 amide bonds. The Morgan fingerprint density at radius 1 is 1.05 bits per heavy atom. The van der Waals surface area contributed by atoms with Crippen LogP contribution in [0, 0.1) is 20.8 Å². The molecule has 4 aromatic rings. The quantitative estimate of drug-likeness (QED) is 0.240. The molecule has 0 radical (unpaired) electrons. The predicted octanol–water partition coefficient (Wildman–Crippen LogP) is 6.56. The number of nitrogens with one attached hydrogen (secondary N) is 2. The number of amides is 1. The van der Waals surface area contributed by atoms with Crippen LogP contribution in [-0.4, -0.2) is 32.0 Å². The summed E-state index contributed by atoms with van der Waals surface area (Å²) in [6, 6.07) is 24.0. The molecule has 1 aliphatic heterocycles. The van der Waals surface area contributed by atoms with Crippen molar-refractivity contribution in [3.05, 3.63) is 112 Å². The van der Waals surface area contributed by atoms with Crippen LogP contribution >= 0.6 is 28.1 Å². The highest BCUT2D eigenvalue weighted by molar-refractivity contribution is 9.10. The lowest BCUT2D eigenvalue weighted by molar-refractivity contribution is -0.116. The molecule has 0 unspecified atom stereocenters. The Balaban J connectivity index is 1.48. The van der Waals surface area contributed by atoms with Crippen LogP contribution in [0.2, 0.25) is 0 Å². The average molecular weight is 589 g/mol. The van der Waals surface area contributed by atoms with Gasteiger partial charge in [-0.25, -0.2) is 0 Å². The summed E-state index contributed by atoms with van der Waals surface area (Å²) >= 11 is 9.44. The van der Waals surface area contributed by atoms with Crippen LogP contribution in [0.15, 0.2) is 83.5 Å². The molecule has 38 heavy (non-hydrogen) atoms. The lowest BCUT2D eigenvalue weighted by Gasteiger charge is -2.28. The maximum atomic E-state index is 12.9. The third-order valence-electron chi connectivity index (χ3n) is 7.05. The number of hydrogen-bond donors (Lipinski definition) is 2. The van der Waals surface area contributed by atoms with Gasteiger partial charge in [0, 0.05) is 46.4 Å². The molecule has 6 nitrogen and oxygen atoms in total. The highest BCUT2D eigenvalue weighted by atomic mass is 79.9. The van der Waals surface area contributed by atoms with Crippen LogP contribution in [0.5, 0.6) is 0 Å². The zero-order valence-electron chi connectivity index (χ0n) is 21.6. The number of rotatable bonds is 7. The fourth-order valence-electron chi connectivity index (χ4n) is 5.23. The van der Waals surface area contributed by atoms with E-state index in [9.17, 15) is 4.79 Å². The van der Waals surface area contributed by atoms with Crippen molar-refractivity contribution in [3.8, 4) is 5.69 Å². The van der Waals surface area contributed by atoms with Crippen LogP contribution in [0.4, 0.5) is 5.69 Å². The predicted molar refractivity (Wildman–Crippen MR) is 160 cm³/mol. The largest absolute Gasteiger partial charge is 0.352 e. The molecule has 5 rings (SSSR count). The summed E-state index contributed by atoms with van der Waals surface area (Å²) in [6.45, 7) is 6.73. The first kappa shape index (κ1) is 26.1. The summed E-state index contributed by atoms with van der Waals surface area (Å²) < 4.78 is 3.29. The van der Waals surface area contributed by atoms with Gasteiger partial charge >= 0.3 is 0 Å². The van der Waals surface area contributed by atoms with Crippen LogP contribution < -0.4 is 10.6 Å². The third kappa shape index (κ3) is 5.24. The molecule has 2 aromatic heterocycles. The van der Waals surface area contributed by atoms with E-state index in [1.807, 2.05) is 61.5 Å². The van der Waals surface area contributed by atoms with E-state index in [2.05, 4.69) is 73.1 Å². The van der Waals surface area contributed by atoms with E-state index in [0.29, 0.717) is 18.1 Å². The van der Waals surface area contributed by atoms with Gasteiger partial charge in [0.2, 0.25) is 5.91 Å². The molecular formula is C30H30BrN5OS. The molecule has 8 heteroatoms. The van der Waals surface area contributed by atoms with Gasteiger partial charge in [0.15, 0.2) is 5.11 Å². The van der Waals surface area contributed by atoms with Crippen molar-refractivity contribution < 1.29 is 4.79 Å². The van der Waals surface area contributed by atoms with E-state index in [-0.39, 0.29) is 18.0 Å². The van der Waals surface area contributed by atoms with Crippen molar-refractivity contribution >= 4 is 44.9 Å². The number of para-hydroxylation sites is 1. The van der Waals surface area contributed by atoms with Gasteiger partial charge in [0.05, 0.1) is 17.8 Å². The SMILES string of the molecule is Cc1ccccc1NC(=O)CCN1C(=S)N[C@@H](c2ccccn2)[C@@H]1c1cc(C)n(-c2cccc(Br)c2)c1C. The van der Waals surface area contributed by atoms with Crippen molar-refractivity contribution in [1.82, 2.24) is 19.8 Å². The monoisotopic (exact) mass is 587 g/mol. The molecule has 0 bridgehead atoms. The minimum Gasteiger partial charge on any atom is -0.352 e. The zero-order chi connectivity index (χ0) is 26.8. The van der Waals surface area contributed by atoms with E-state index in [0.717, 1.165) is 44.1 Å². The number of halogens is 1. The summed E-state index contributed by atoms with van der Waals surface area (Å²) in [7, 11) is 0. The van der Waals surface area contributed by atoms with Crippen molar-refractivity contribution in [2.45, 2.75) is 39.3 Å². The fraction of sp³-hybridized carbons (Fsp3) is 0.233. The number of pyridine rings is 1. The minimum absolute atomic E-state index is 0.0401. The molecule has 2 N–H and O–H groups in total. The second-order valence-corrected chi connectivity index (χ2v) is 10.9. The molecule has 194 valence electrons. The summed E-state index contributed by atoms with van der Waals surface area (Å²) in [6.07, 6.45) is 2.12. The number of hydrogen-bond acceptors (Lipinski definition) is 3. The summed E-state index contributed by atoms with van der Waals surface area (Å²) in [4.78, 5) is 19.7. The maximum absolute atomic E-state index is 12.9. The van der Waals surface area contributed by atoms with E-state index in [4.69, 9.17) is 12.2 Å². The number of nitrogens with zero attached hydrogens (tertiary/aromatic N) is 3. The maximum Gasteiger partial charge on any atom is 0.226 e. The highest BCUT2D eigenvalue weighted by Crippen LogP contribution is 2.41. The molecule has 1 fully saturated rings.